The summed E-state index contributed by atoms with van der Waals surface area (Å²) in [6.07, 6.45) is -0.196. The molecule has 8 nitrogen and oxygen atoms in total. The fourth-order valence-electron chi connectivity index (χ4n) is 1.29. The van der Waals surface area contributed by atoms with E-state index >= 15 is 0 Å². The number of aliphatic carboxylic acids is 2. The minimum absolute atomic E-state index is 0.233. The van der Waals surface area contributed by atoms with Crippen molar-refractivity contribution in [2.24, 2.45) is 5.73 Å². The van der Waals surface area contributed by atoms with E-state index < -0.39 is 35.7 Å². The number of carboxylic acids is 2. The van der Waals surface area contributed by atoms with E-state index in [1.165, 1.54) is 21.6 Å². The monoisotopic (exact) mass is 368 g/mol. The number of rotatable bonds is 10. The van der Waals surface area contributed by atoms with Crippen LogP contribution in [0.5, 0.6) is 0 Å². The maximum absolute atomic E-state index is 11.6. The van der Waals surface area contributed by atoms with E-state index in [1.54, 1.807) is 20.8 Å². The van der Waals surface area contributed by atoms with Crippen LogP contribution in [0.2, 0.25) is 0 Å². The lowest BCUT2D eigenvalue weighted by atomic mass is 10.2. The van der Waals surface area contributed by atoms with Crippen molar-refractivity contribution in [3.63, 3.8) is 0 Å². The average Bonchev–Trinajstić information content (AvgIpc) is 2.38. The Kier molecular flexibility index (Phi) is 10.1. The summed E-state index contributed by atoms with van der Waals surface area (Å²) in [4.78, 5) is 33.2. The fourth-order valence-corrected chi connectivity index (χ4v) is 3.49. The van der Waals surface area contributed by atoms with Crippen LogP contribution < -0.4 is 11.1 Å². The van der Waals surface area contributed by atoms with E-state index in [9.17, 15) is 14.4 Å². The molecule has 0 saturated heterocycles. The second-order valence-corrected chi connectivity index (χ2v) is 8.41. The van der Waals surface area contributed by atoms with Crippen LogP contribution in [0, 0.1) is 0 Å². The third-order valence-corrected chi connectivity index (χ3v) is 4.86. The molecular weight excluding hydrogens is 344 g/mol. The Labute approximate surface area is 143 Å². The van der Waals surface area contributed by atoms with E-state index in [0.717, 1.165) is 0 Å². The molecule has 0 heterocycles. The molecule has 0 aromatic rings. The Hall–Kier alpha value is -1.13. The van der Waals surface area contributed by atoms with Crippen molar-refractivity contribution < 1.29 is 29.3 Å². The van der Waals surface area contributed by atoms with Crippen LogP contribution in [0.25, 0.3) is 0 Å². The lowest BCUT2D eigenvalue weighted by molar-refractivity contribution is -0.140. The summed E-state index contributed by atoms with van der Waals surface area (Å²) in [7, 11) is 2.82. The van der Waals surface area contributed by atoms with E-state index in [2.05, 4.69) is 5.32 Å². The van der Waals surface area contributed by atoms with E-state index in [0.29, 0.717) is 17.9 Å². The maximum atomic E-state index is 11.6. The van der Waals surface area contributed by atoms with Crippen molar-refractivity contribution >= 4 is 39.6 Å². The van der Waals surface area contributed by atoms with Gasteiger partial charge in [-0.25, -0.2) is 9.59 Å². The zero-order valence-corrected chi connectivity index (χ0v) is 15.0. The molecule has 0 aliphatic rings. The standard InChI is InChI=1S/C13H24N2O6S2/c1-13(2,3)21-12(20)15-9(11(18)19)5-7-23-22-6-4-8(14)10(16)17/h8-9H,4-7,14H2,1-3H3,(H,15,20)(H,16,17)(H,18,19)/t8?,9-/m0/s1. The van der Waals surface area contributed by atoms with Crippen molar-refractivity contribution in [2.75, 3.05) is 11.5 Å². The van der Waals surface area contributed by atoms with Gasteiger partial charge >= 0.3 is 18.0 Å². The number of ether oxygens (including phenoxy) is 1. The second kappa shape index (κ2) is 10.6. The lowest BCUT2D eigenvalue weighted by Crippen LogP contribution is -2.43. The molecule has 0 bridgehead atoms. The maximum Gasteiger partial charge on any atom is 0.408 e. The molecule has 2 atom stereocenters. The highest BCUT2D eigenvalue weighted by molar-refractivity contribution is 8.76. The number of nitrogens with two attached hydrogens (primary N) is 1. The number of carboxylic acid groups (broad SMARTS) is 2. The molecule has 5 N–H and O–H groups in total. The van der Waals surface area contributed by atoms with Gasteiger partial charge in [0.2, 0.25) is 0 Å². The molecule has 23 heavy (non-hydrogen) atoms. The summed E-state index contributed by atoms with van der Waals surface area (Å²) < 4.78 is 5.02. The number of carbonyl (C=O) groups is 3. The van der Waals surface area contributed by atoms with Crippen LogP contribution in [-0.4, -0.2) is 57.4 Å². The van der Waals surface area contributed by atoms with Crippen molar-refractivity contribution in [1.82, 2.24) is 5.32 Å². The normalized spacial score (nSPS) is 13.9. The van der Waals surface area contributed by atoms with E-state index in [4.69, 9.17) is 20.7 Å². The summed E-state index contributed by atoms with van der Waals surface area (Å²) in [5.41, 5.74) is 4.67. The predicted octanol–water partition coefficient (Wildman–Crippen LogP) is 1.54. The summed E-state index contributed by atoms with van der Waals surface area (Å²) in [6, 6.07) is -1.91. The zero-order valence-electron chi connectivity index (χ0n) is 13.4. The Morgan fingerprint density at radius 2 is 1.61 bits per heavy atom. The quantitative estimate of drug-likeness (QED) is 0.334. The smallest absolute Gasteiger partial charge is 0.408 e. The molecule has 0 aromatic carbocycles. The molecule has 0 spiro atoms. The van der Waals surface area contributed by atoms with Crippen molar-refractivity contribution in [1.29, 1.82) is 0 Å². The fraction of sp³-hybridized carbons (Fsp3) is 0.769. The zero-order chi connectivity index (χ0) is 18.0. The third-order valence-electron chi connectivity index (χ3n) is 2.39. The third kappa shape index (κ3) is 12.0. The highest BCUT2D eigenvalue weighted by Crippen LogP contribution is 2.23. The Bertz CT molecular complexity index is 414. The number of amides is 1. The number of hydrogen-bond donors (Lipinski definition) is 4. The molecule has 1 amide bonds. The van der Waals surface area contributed by atoms with Crippen molar-refractivity contribution in [3.8, 4) is 0 Å². The minimum atomic E-state index is -1.13. The largest absolute Gasteiger partial charge is 0.480 e. The second-order valence-electron chi connectivity index (χ2n) is 5.70. The summed E-state index contributed by atoms with van der Waals surface area (Å²) in [6.45, 7) is 5.07. The molecule has 0 aliphatic heterocycles. The molecule has 134 valence electrons. The molecule has 0 aromatic heterocycles. The van der Waals surface area contributed by atoms with E-state index in [1.807, 2.05) is 0 Å². The van der Waals surface area contributed by atoms with Gasteiger partial charge in [-0.15, -0.1) is 0 Å². The first-order chi connectivity index (χ1) is 10.5. The molecule has 0 rings (SSSR count). The number of carbonyl (C=O) groups excluding carboxylic acids is 1. The first-order valence-corrected chi connectivity index (χ1v) is 9.47. The first-order valence-electron chi connectivity index (χ1n) is 6.98. The molecule has 0 saturated carbocycles. The van der Waals surface area contributed by atoms with Crippen LogP contribution in [0.4, 0.5) is 4.79 Å². The van der Waals surface area contributed by atoms with Crippen molar-refractivity contribution in [3.05, 3.63) is 0 Å². The van der Waals surface area contributed by atoms with Gasteiger partial charge in [0.25, 0.3) is 0 Å². The average molecular weight is 368 g/mol. The van der Waals surface area contributed by atoms with Crippen LogP contribution in [0.15, 0.2) is 0 Å². The highest BCUT2D eigenvalue weighted by Gasteiger charge is 2.23. The van der Waals surface area contributed by atoms with Crippen LogP contribution in [0.1, 0.15) is 33.6 Å². The molecule has 1 unspecified atom stereocenters. The summed E-state index contributed by atoms with van der Waals surface area (Å²) >= 11 is 0. The number of nitrogens with one attached hydrogen (secondary N) is 1. The Balaban J connectivity index is 4.00. The Morgan fingerprint density at radius 3 is 2.04 bits per heavy atom. The lowest BCUT2D eigenvalue weighted by Gasteiger charge is -2.21. The first kappa shape index (κ1) is 21.9. The SMILES string of the molecule is CC(C)(C)OC(=O)N[C@@H](CCSSCCC(N)C(=O)O)C(=O)O. The van der Waals surface area contributed by atoms with Crippen LogP contribution in [0.3, 0.4) is 0 Å². The molecule has 10 heteroatoms. The summed E-state index contributed by atoms with van der Waals surface area (Å²) in [5.74, 6) is -1.13. The summed E-state index contributed by atoms with van der Waals surface area (Å²) in [5, 5.41) is 20.0. The van der Waals surface area contributed by atoms with Gasteiger partial charge in [0, 0.05) is 11.5 Å². The minimum Gasteiger partial charge on any atom is -0.480 e. The molecular formula is C13H24N2O6S2. The van der Waals surface area contributed by atoms with Gasteiger partial charge in [0.1, 0.15) is 17.7 Å². The Morgan fingerprint density at radius 1 is 1.09 bits per heavy atom. The molecule has 0 radical (unpaired) electrons. The van der Waals surface area contributed by atoms with Gasteiger partial charge in [-0.3, -0.25) is 4.79 Å². The van der Waals surface area contributed by atoms with Gasteiger partial charge in [0.05, 0.1) is 0 Å². The van der Waals surface area contributed by atoms with Gasteiger partial charge in [-0.1, -0.05) is 21.6 Å². The van der Waals surface area contributed by atoms with Crippen molar-refractivity contribution in [2.45, 2.75) is 51.3 Å². The number of hydrogen-bond acceptors (Lipinski definition) is 7. The molecule has 0 aliphatic carbocycles. The van der Waals surface area contributed by atoms with Crippen LogP contribution in [-0.2, 0) is 14.3 Å². The van der Waals surface area contributed by atoms with Gasteiger partial charge in [0.15, 0.2) is 0 Å². The topological polar surface area (TPSA) is 139 Å². The molecule has 0 fully saturated rings. The van der Waals surface area contributed by atoms with Gasteiger partial charge in [-0.2, -0.15) is 0 Å². The number of alkyl carbamates (subject to hydrolysis) is 1. The predicted molar refractivity (Wildman–Crippen MR) is 90.6 cm³/mol. The highest BCUT2D eigenvalue weighted by atomic mass is 33.1. The van der Waals surface area contributed by atoms with Gasteiger partial charge in [-0.05, 0) is 33.6 Å². The van der Waals surface area contributed by atoms with Crippen LogP contribution >= 0.6 is 21.6 Å². The van der Waals surface area contributed by atoms with E-state index in [-0.39, 0.29) is 6.42 Å². The van der Waals surface area contributed by atoms with Gasteiger partial charge < -0.3 is 26.0 Å².